The maximum absolute atomic E-state index is 5.01. The third kappa shape index (κ3) is 2.25. The summed E-state index contributed by atoms with van der Waals surface area (Å²) in [6.45, 7) is 6.95. The Morgan fingerprint density at radius 1 is 1.08 bits per heavy atom. The van der Waals surface area contributed by atoms with Gasteiger partial charge in [-0.1, -0.05) is 32.0 Å². The van der Waals surface area contributed by atoms with Crippen molar-refractivity contribution in [3.63, 3.8) is 0 Å². The molecule has 3 heteroatoms. The van der Waals surface area contributed by atoms with E-state index in [1.165, 1.54) is 47.3 Å². The van der Waals surface area contributed by atoms with E-state index in [9.17, 15) is 0 Å². The number of hydrogen-bond donors (Lipinski definition) is 0. The second kappa shape index (κ2) is 5.05. The molecule has 3 aliphatic rings. The molecule has 0 bridgehead atoms. The number of anilines is 1. The topological polar surface area (TPSA) is 29.0 Å². The summed E-state index contributed by atoms with van der Waals surface area (Å²) in [6.07, 6.45) is 6.03. The van der Waals surface area contributed by atoms with Gasteiger partial charge in [-0.3, -0.25) is 0 Å². The normalized spacial score (nSPS) is 23.8. The summed E-state index contributed by atoms with van der Waals surface area (Å²) in [7, 11) is 0. The number of aromatic nitrogens is 2. The summed E-state index contributed by atoms with van der Waals surface area (Å²) in [5.41, 5.74) is 7.12. The van der Waals surface area contributed by atoms with Crippen LogP contribution >= 0.6 is 0 Å². The van der Waals surface area contributed by atoms with E-state index < -0.39 is 0 Å². The van der Waals surface area contributed by atoms with Crippen molar-refractivity contribution in [2.24, 2.45) is 5.41 Å². The van der Waals surface area contributed by atoms with Gasteiger partial charge in [0, 0.05) is 29.9 Å². The first kappa shape index (κ1) is 14.4. The van der Waals surface area contributed by atoms with E-state index in [1.807, 2.05) is 0 Å². The van der Waals surface area contributed by atoms with E-state index in [1.54, 1.807) is 0 Å². The lowest BCUT2D eigenvalue weighted by Crippen LogP contribution is -2.38. The highest BCUT2D eigenvalue weighted by atomic mass is 15.3. The van der Waals surface area contributed by atoms with Crippen LogP contribution in [0, 0.1) is 5.41 Å². The molecule has 1 aliphatic heterocycles. The molecular weight excluding hydrogens is 294 g/mol. The Kier molecular flexibility index (Phi) is 3.04. The minimum atomic E-state index is 0.467. The van der Waals surface area contributed by atoms with Gasteiger partial charge in [-0.2, -0.15) is 0 Å². The highest BCUT2D eigenvalue weighted by Gasteiger charge is 2.46. The van der Waals surface area contributed by atoms with Crippen LogP contribution in [0.15, 0.2) is 24.3 Å². The summed E-state index contributed by atoms with van der Waals surface area (Å²) < 4.78 is 0. The second-order valence-corrected chi connectivity index (χ2v) is 8.36. The number of nitrogens with zero attached hydrogens (tertiary/aromatic N) is 3. The van der Waals surface area contributed by atoms with E-state index in [-0.39, 0.29) is 0 Å². The van der Waals surface area contributed by atoms with Crippen LogP contribution in [0.3, 0.4) is 0 Å². The Morgan fingerprint density at radius 3 is 2.62 bits per heavy atom. The highest BCUT2D eigenvalue weighted by Crippen LogP contribution is 2.58. The first-order chi connectivity index (χ1) is 11.6. The van der Waals surface area contributed by atoms with E-state index in [2.05, 4.69) is 43.0 Å². The fourth-order valence-corrected chi connectivity index (χ4v) is 4.25. The van der Waals surface area contributed by atoms with Gasteiger partial charge in [0.25, 0.3) is 0 Å². The van der Waals surface area contributed by atoms with Crippen molar-refractivity contribution in [2.45, 2.75) is 51.9 Å². The quantitative estimate of drug-likeness (QED) is 0.842. The maximum atomic E-state index is 5.01. The molecule has 0 amide bonds. The maximum Gasteiger partial charge on any atom is 0.226 e. The largest absolute Gasteiger partial charge is 0.341 e. The minimum Gasteiger partial charge on any atom is -0.341 e. The monoisotopic (exact) mass is 319 g/mol. The number of rotatable bonds is 3. The molecule has 1 saturated heterocycles. The SMILES string of the molecule is CC1(C)CC1c1cccc(-c2nc(N3CCC3)nc3c2CCC3)c1. The smallest absolute Gasteiger partial charge is 0.226 e. The van der Waals surface area contributed by atoms with Gasteiger partial charge in [0.1, 0.15) is 0 Å². The van der Waals surface area contributed by atoms with Crippen LogP contribution in [0.25, 0.3) is 11.3 Å². The van der Waals surface area contributed by atoms with Crippen molar-refractivity contribution in [2.75, 3.05) is 18.0 Å². The van der Waals surface area contributed by atoms with Gasteiger partial charge >= 0.3 is 0 Å². The van der Waals surface area contributed by atoms with E-state index in [4.69, 9.17) is 9.97 Å². The molecule has 2 aromatic rings. The predicted octanol–water partition coefficient (Wildman–Crippen LogP) is 4.36. The van der Waals surface area contributed by atoms with Crippen LogP contribution in [0.2, 0.25) is 0 Å². The lowest BCUT2D eigenvalue weighted by molar-refractivity contribution is 0.599. The zero-order chi connectivity index (χ0) is 16.3. The van der Waals surface area contributed by atoms with Crippen LogP contribution in [0.4, 0.5) is 5.95 Å². The van der Waals surface area contributed by atoms with Crippen LogP contribution in [0.1, 0.15) is 55.8 Å². The Morgan fingerprint density at radius 2 is 1.92 bits per heavy atom. The summed E-state index contributed by atoms with van der Waals surface area (Å²) >= 11 is 0. The summed E-state index contributed by atoms with van der Waals surface area (Å²) in [4.78, 5) is 12.2. The minimum absolute atomic E-state index is 0.467. The van der Waals surface area contributed by atoms with Gasteiger partial charge < -0.3 is 4.90 Å². The number of benzene rings is 1. The van der Waals surface area contributed by atoms with Crippen molar-refractivity contribution >= 4 is 5.95 Å². The summed E-state index contributed by atoms with van der Waals surface area (Å²) in [5.74, 6) is 1.66. The Hall–Kier alpha value is -1.90. The van der Waals surface area contributed by atoms with Crippen molar-refractivity contribution in [3.05, 3.63) is 41.1 Å². The molecule has 1 unspecified atom stereocenters. The molecule has 0 spiro atoms. The molecule has 2 heterocycles. The first-order valence-corrected chi connectivity index (χ1v) is 9.37. The first-order valence-electron chi connectivity index (χ1n) is 9.37. The molecule has 124 valence electrons. The van der Waals surface area contributed by atoms with Crippen LogP contribution in [-0.2, 0) is 12.8 Å². The van der Waals surface area contributed by atoms with Gasteiger partial charge in [-0.25, -0.2) is 9.97 Å². The number of fused-ring (bicyclic) bond motifs is 1. The van der Waals surface area contributed by atoms with Crippen LogP contribution in [0.5, 0.6) is 0 Å². The van der Waals surface area contributed by atoms with Gasteiger partial charge in [-0.15, -0.1) is 0 Å². The standard InChI is InChI=1S/C21H25N3/c1-21(2)13-17(21)14-6-3-7-15(12-14)19-16-8-4-9-18(16)22-20(23-19)24-10-5-11-24/h3,6-7,12,17H,4-5,8-11,13H2,1-2H3. The summed E-state index contributed by atoms with van der Waals surface area (Å²) in [5, 5.41) is 0. The predicted molar refractivity (Wildman–Crippen MR) is 97.5 cm³/mol. The lowest BCUT2D eigenvalue weighted by atomic mass is 9.98. The third-order valence-corrected chi connectivity index (χ3v) is 6.14. The molecule has 2 aliphatic carbocycles. The zero-order valence-electron chi connectivity index (χ0n) is 14.7. The molecule has 1 saturated carbocycles. The van der Waals surface area contributed by atoms with Gasteiger partial charge in [0.05, 0.1) is 5.69 Å². The average molecular weight is 319 g/mol. The molecule has 24 heavy (non-hydrogen) atoms. The third-order valence-electron chi connectivity index (χ3n) is 6.14. The second-order valence-electron chi connectivity index (χ2n) is 8.36. The molecular formula is C21H25N3. The van der Waals surface area contributed by atoms with Gasteiger partial charge in [0.2, 0.25) is 5.95 Å². The van der Waals surface area contributed by atoms with Crippen LogP contribution in [-0.4, -0.2) is 23.1 Å². The highest BCUT2D eigenvalue weighted by molar-refractivity contribution is 5.67. The molecule has 0 radical (unpaired) electrons. The fourth-order valence-electron chi connectivity index (χ4n) is 4.25. The van der Waals surface area contributed by atoms with Crippen molar-refractivity contribution in [1.29, 1.82) is 0 Å². The average Bonchev–Trinajstić information content (AvgIpc) is 2.93. The zero-order valence-corrected chi connectivity index (χ0v) is 14.7. The lowest BCUT2D eigenvalue weighted by Gasteiger charge is -2.31. The van der Waals surface area contributed by atoms with Gasteiger partial charge in [0.15, 0.2) is 0 Å². The molecule has 1 atom stereocenters. The van der Waals surface area contributed by atoms with E-state index >= 15 is 0 Å². The molecule has 1 aromatic carbocycles. The molecule has 1 aromatic heterocycles. The summed E-state index contributed by atoms with van der Waals surface area (Å²) in [6, 6.07) is 9.13. The van der Waals surface area contributed by atoms with E-state index in [0.717, 1.165) is 31.9 Å². The van der Waals surface area contributed by atoms with Crippen molar-refractivity contribution < 1.29 is 0 Å². The van der Waals surface area contributed by atoms with Gasteiger partial charge in [-0.05, 0) is 55.1 Å². The fraction of sp³-hybridized carbons (Fsp3) is 0.524. The van der Waals surface area contributed by atoms with E-state index in [0.29, 0.717) is 11.3 Å². The molecule has 3 nitrogen and oxygen atoms in total. The molecule has 0 N–H and O–H groups in total. The van der Waals surface area contributed by atoms with Crippen molar-refractivity contribution in [3.8, 4) is 11.3 Å². The number of aryl methyl sites for hydroxylation is 1. The Balaban J connectivity index is 1.59. The molecule has 5 rings (SSSR count). The number of hydrogen-bond acceptors (Lipinski definition) is 3. The van der Waals surface area contributed by atoms with Crippen molar-refractivity contribution in [1.82, 2.24) is 9.97 Å². The van der Waals surface area contributed by atoms with Crippen LogP contribution < -0.4 is 4.90 Å². The molecule has 2 fully saturated rings. The Labute approximate surface area is 144 Å². The Bertz CT molecular complexity index is 805.